The highest BCUT2D eigenvalue weighted by Crippen LogP contribution is 2.32. The van der Waals surface area contributed by atoms with Crippen LogP contribution in [0, 0.1) is 0 Å². The number of aromatic nitrogens is 2. The molecule has 0 radical (unpaired) electrons. The maximum absolute atomic E-state index is 12.5. The summed E-state index contributed by atoms with van der Waals surface area (Å²) in [6.07, 6.45) is 1.15. The first-order valence-corrected chi connectivity index (χ1v) is 10.8. The van der Waals surface area contributed by atoms with E-state index in [0.717, 1.165) is 12.0 Å². The zero-order valence-corrected chi connectivity index (χ0v) is 16.6. The lowest BCUT2D eigenvalue weighted by Crippen LogP contribution is -2.24. The van der Waals surface area contributed by atoms with Crippen LogP contribution in [-0.4, -0.2) is 31.0 Å². The second-order valence-electron chi connectivity index (χ2n) is 6.95. The lowest BCUT2D eigenvalue weighted by Gasteiger charge is -2.16. The Morgan fingerprint density at radius 1 is 1.21 bits per heavy atom. The van der Waals surface area contributed by atoms with Crippen LogP contribution in [0.4, 0.5) is 5.69 Å². The third kappa shape index (κ3) is 3.92. The van der Waals surface area contributed by atoms with Gasteiger partial charge in [0.2, 0.25) is 27.6 Å². The monoisotopic (exact) mass is 412 g/mol. The maximum atomic E-state index is 12.5. The highest BCUT2D eigenvalue weighted by Gasteiger charge is 2.35. The molecule has 1 aliphatic rings. The number of nitrogens with two attached hydrogens (primary N) is 1. The van der Waals surface area contributed by atoms with E-state index in [1.807, 2.05) is 24.3 Å². The van der Waals surface area contributed by atoms with Crippen LogP contribution in [0.5, 0.6) is 0 Å². The van der Waals surface area contributed by atoms with E-state index in [1.54, 1.807) is 12.1 Å². The number of aryl methyl sites for hydroxylation is 1. The van der Waals surface area contributed by atoms with Gasteiger partial charge >= 0.3 is 0 Å². The Bertz CT molecular complexity index is 1160. The molecule has 2 aromatic carbocycles. The van der Waals surface area contributed by atoms with E-state index in [1.165, 1.54) is 22.6 Å². The molecule has 0 unspecified atom stereocenters. The lowest BCUT2D eigenvalue weighted by atomic mass is 10.1. The van der Waals surface area contributed by atoms with Gasteiger partial charge in [-0.1, -0.05) is 42.4 Å². The van der Waals surface area contributed by atoms with Gasteiger partial charge in [-0.3, -0.25) is 4.79 Å². The number of hydrogen-bond donors (Lipinski definition) is 1. The van der Waals surface area contributed by atoms with Crippen LogP contribution >= 0.6 is 0 Å². The molecule has 1 fully saturated rings. The van der Waals surface area contributed by atoms with Crippen LogP contribution < -0.4 is 10.0 Å². The number of sulfonamides is 1. The van der Waals surface area contributed by atoms with Gasteiger partial charge < -0.3 is 9.42 Å². The Hall–Kier alpha value is -3.04. The van der Waals surface area contributed by atoms with Gasteiger partial charge in [-0.25, -0.2) is 13.6 Å². The molecule has 0 spiro atoms. The third-order valence-corrected chi connectivity index (χ3v) is 5.91. The highest BCUT2D eigenvalue weighted by molar-refractivity contribution is 7.89. The van der Waals surface area contributed by atoms with Crippen LogP contribution in [-0.2, 0) is 21.2 Å². The smallest absolute Gasteiger partial charge is 0.238 e. The fourth-order valence-corrected chi connectivity index (χ4v) is 3.91. The molecule has 0 saturated carbocycles. The van der Waals surface area contributed by atoms with Crippen molar-refractivity contribution in [2.75, 3.05) is 11.4 Å². The van der Waals surface area contributed by atoms with Crippen LogP contribution in [0.1, 0.15) is 30.7 Å². The molecule has 150 valence electrons. The van der Waals surface area contributed by atoms with Gasteiger partial charge in [-0.2, -0.15) is 4.98 Å². The molecule has 0 bridgehead atoms. The SMILES string of the molecule is CCc1ccc(-c2noc([C@@H]3CC(=O)N(c4cccc(S(N)(=O)=O)c4)C3)n2)cc1. The van der Waals surface area contributed by atoms with E-state index in [4.69, 9.17) is 9.66 Å². The molecule has 1 aromatic heterocycles. The first kappa shape index (κ1) is 19.3. The number of nitrogens with zero attached hydrogens (tertiary/aromatic N) is 3. The number of primary sulfonamides is 1. The largest absolute Gasteiger partial charge is 0.339 e. The van der Waals surface area contributed by atoms with Gasteiger partial charge in [0.25, 0.3) is 0 Å². The van der Waals surface area contributed by atoms with Crippen molar-refractivity contribution in [2.45, 2.75) is 30.6 Å². The summed E-state index contributed by atoms with van der Waals surface area (Å²) >= 11 is 0. The molecule has 29 heavy (non-hydrogen) atoms. The predicted octanol–water partition coefficient (Wildman–Crippen LogP) is 2.47. The van der Waals surface area contributed by atoms with Crippen molar-refractivity contribution in [3.8, 4) is 11.4 Å². The number of hydrogen-bond acceptors (Lipinski definition) is 6. The lowest BCUT2D eigenvalue weighted by molar-refractivity contribution is -0.117. The summed E-state index contributed by atoms with van der Waals surface area (Å²) in [5, 5.41) is 9.23. The number of rotatable bonds is 5. The number of benzene rings is 2. The quantitative estimate of drug-likeness (QED) is 0.687. The molecule has 1 atom stereocenters. The average molecular weight is 412 g/mol. The summed E-state index contributed by atoms with van der Waals surface area (Å²) in [6, 6.07) is 13.9. The molecule has 8 nitrogen and oxygen atoms in total. The Kier molecular flexibility index (Phi) is 4.93. The summed E-state index contributed by atoms with van der Waals surface area (Å²) in [4.78, 5) is 18.5. The summed E-state index contributed by atoms with van der Waals surface area (Å²) in [5.74, 6) is 0.452. The molecule has 1 saturated heterocycles. The molecular formula is C20H20N4O4S. The van der Waals surface area contributed by atoms with E-state index in [0.29, 0.717) is 23.9 Å². The normalized spacial score (nSPS) is 17.1. The molecule has 2 heterocycles. The predicted molar refractivity (Wildman–Crippen MR) is 107 cm³/mol. The zero-order valence-electron chi connectivity index (χ0n) is 15.8. The molecule has 1 amide bonds. The number of amides is 1. The molecule has 2 N–H and O–H groups in total. The third-order valence-electron chi connectivity index (χ3n) is 4.99. The maximum Gasteiger partial charge on any atom is 0.238 e. The van der Waals surface area contributed by atoms with Crippen LogP contribution in [0.3, 0.4) is 0 Å². The van der Waals surface area contributed by atoms with Crippen LogP contribution in [0.25, 0.3) is 11.4 Å². The molecule has 0 aliphatic carbocycles. The Morgan fingerprint density at radius 3 is 2.66 bits per heavy atom. The van der Waals surface area contributed by atoms with Crippen LogP contribution in [0.15, 0.2) is 57.9 Å². The van der Waals surface area contributed by atoms with Crippen molar-refractivity contribution in [2.24, 2.45) is 5.14 Å². The second kappa shape index (κ2) is 7.41. The highest BCUT2D eigenvalue weighted by atomic mass is 32.2. The van der Waals surface area contributed by atoms with Crippen molar-refractivity contribution in [3.05, 3.63) is 60.0 Å². The summed E-state index contributed by atoms with van der Waals surface area (Å²) in [7, 11) is -3.85. The van der Waals surface area contributed by atoms with E-state index < -0.39 is 10.0 Å². The van der Waals surface area contributed by atoms with Crippen molar-refractivity contribution >= 4 is 21.6 Å². The number of carbonyl (C=O) groups is 1. The summed E-state index contributed by atoms with van der Waals surface area (Å²) in [5.41, 5.74) is 2.54. The fraction of sp³-hybridized carbons (Fsp3) is 0.250. The zero-order chi connectivity index (χ0) is 20.6. The Balaban J connectivity index is 1.55. The van der Waals surface area contributed by atoms with Gasteiger partial charge in [-0.05, 0) is 30.2 Å². The van der Waals surface area contributed by atoms with Crippen LogP contribution in [0.2, 0.25) is 0 Å². The van der Waals surface area contributed by atoms with Crippen molar-refractivity contribution in [1.82, 2.24) is 10.1 Å². The van der Waals surface area contributed by atoms with E-state index in [2.05, 4.69) is 17.1 Å². The number of anilines is 1. The standard InChI is InChI=1S/C20H20N4O4S/c1-2-13-6-8-14(9-7-13)19-22-20(28-23-19)15-10-18(25)24(12-15)16-4-3-5-17(11-16)29(21,26)27/h3-9,11,15H,2,10,12H2,1H3,(H2,21,26,27)/t15-/m1/s1. The minimum atomic E-state index is -3.85. The molecule has 3 aromatic rings. The molecule has 1 aliphatic heterocycles. The van der Waals surface area contributed by atoms with Crippen molar-refractivity contribution < 1.29 is 17.7 Å². The van der Waals surface area contributed by atoms with Gasteiger partial charge in [0.1, 0.15) is 0 Å². The summed E-state index contributed by atoms with van der Waals surface area (Å²) < 4.78 is 28.6. The summed E-state index contributed by atoms with van der Waals surface area (Å²) in [6.45, 7) is 2.41. The number of carbonyl (C=O) groups excluding carboxylic acids is 1. The van der Waals surface area contributed by atoms with Gasteiger partial charge in [0.05, 0.1) is 10.8 Å². The average Bonchev–Trinajstić information content (AvgIpc) is 3.34. The molecule has 9 heteroatoms. The van der Waals surface area contributed by atoms with Crippen molar-refractivity contribution in [3.63, 3.8) is 0 Å². The van der Waals surface area contributed by atoms with E-state index in [9.17, 15) is 13.2 Å². The van der Waals surface area contributed by atoms with Gasteiger partial charge in [0, 0.05) is 24.2 Å². The topological polar surface area (TPSA) is 119 Å². The Morgan fingerprint density at radius 2 is 1.97 bits per heavy atom. The van der Waals surface area contributed by atoms with Gasteiger partial charge in [0.15, 0.2) is 0 Å². The minimum absolute atomic E-state index is 0.0400. The first-order valence-electron chi connectivity index (χ1n) is 9.21. The Labute approximate surface area is 168 Å². The van der Waals surface area contributed by atoms with E-state index >= 15 is 0 Å². The fourth-order valence-electron chi connectivity index (χ4n) is 3.36. The van der Waals surface area contributed by atoms with Crippen molar-refractivity contribution in [1.29, 1.82) is 0 Å². The molecule has 4 rings (SSSR count). The first-order chi connectivity index (χ1) is 13.8. The van der Waals surface area contributed by atoms with E-state index in [-0.39, 0.29) is 23.1 Å². The van der Waals surface area contributed by atoms with Gasteiger partial charge in [-0.15, -0.1) is 0 Å². The molecular weight excluding hydrogens is 392 g/mol. The minimum Gasteiger partial charge on any atom is -0.339 e. The second-order valence-corrected chi connectivity index (χ2v) is 8.52.